The van der Waals surface area contributed by atoms with Crippen LogP contribution in [0.5, 0.6) is 0 Å². The van der Waals surface area contributed by atoms with E-state index in [1.54, 1.807) is 0 Å². The van der Waals surface area contributed by atoms with Crippen LogP contribution in [-0.2, 0) is 0 Å². The maximum absolute atomic E-state index is 3.38. The molecular weight excluding hydrogens is 202 g/mol. The first-order valence-corrected chi connectivity index (χ1v) is 5.55. The zero-order valence-electron chi connectivity index (χ0n) is 7.49. The number of hydrogen-bond acceptors (Lipinski definition) is 1. The molecule has 1 fully saturated rings. The van der Waals surface area contributed by atoms with Crippen LogP contribution in [-0.4, -0.2) is 12.0 Å². The second kappa shape index (κ2) is 3.90. The molecule has 66 valence electrons. The predicted octanol–water partition coefficient (Wildman–Crippen LogP) is 2.75. The molecule has 2 heteroatoms. The summed E-state index contributed by atoms with van der Waals surface area (Å²) in [6, 6.07) is 0. The average Bonchev–Trinajstić information content (AvgIpc) is 1.78. The Balaban J connectivity index is 2.25. The fourth-order valence-electron chi connectivity index (χ4n) is 1.70. The SMILES string of the molecule is CC(C)(CNCBr)C1CCC1. The van der Waals surface area contributed by atoms with E-state index in [4.69, 9.17) is 0 Å². The maximum Gasteiger partial charge on any atom is 0.0517 e. The van der Waals surface area contributed by atoms with Crippen LogP contribution in [0.4, 0.5) is 0 Å². The van der Waals surface area contributed by atoms with Gasteiger partial charge in [-0.2, -0.15) is 0 Å². The topological polar surface area (TPSA) is 12.0 Å². The van der Waals surface area contributed by atoms with Crippen LogP contribution in [0.3, 0.4) is 0 Å². The van der Waals surface area contributed by atoms with Crippen molar-refractivity contribution in [2.75, 3.05) is 12.0 Å². The van der Waals surface area contributed by atoms with E-state index in [-0.39, 0.29) is 0 Å². The van der Waals surface area contributed by atoms with E-state index < -0.39 is 0 Å². The molecule has 1 aliphatic rings. The summed E-state index contributed by atoms with van der Waals surface area (Å²) < 4.78 is 0. The zero-order valence-corrected chi connectivity index (χ0v) is 9.08. The first-order chi connectivity index (χ1) is 5.17. The molecule has 0 aliphatic heterocycles. The van der Waals surface area contributed by atoms with Gasteiger partial charge in [-0.25, -0.2) is 0 Å². The summed E-state index contributed by atoms with van der Waals surface area (Å²) in [6.45, 7) is 5.88. The summed E-state index contributed by atoms with van der Waals surface area (Å²) in [6.07, 6.45) is 4.33. The van der Waals surface area contributed by atoms with Crippen LogP contribution >= 0.6 is 15.9 Å². The molecule has 0 aromatic rings. The highest BCUT2D eigenvalue weighted by atomic mass is 79.9. The number of rotatable bonds is 4. The Morgan fingerprint density at radius 3 is 2.45 bits per heavy atom. The van der Waals surface area contributed by atoms with Gasteiger partial charge in [0.1, 0.15) is 0 Å². The maximum atomic E-state index is 3.38. The van der Waals surface area contributed by atoms with Crippen molar-refractivity contribution in [3.05, 3.63) is 0 Å². The summed E-state index contributed by atoms with van der Waals surface area (Å²) in [5, 5.41) is 3.35. The molecule has 0 heterocycles. The summed E-state index contributed by atoms with van der Waals surface area (Å²) in [5.41, 5.74) is 1.43. The van der Waals surface area contributed by atoms with Crippen LogP contribution in [0, 0.1) is 11.3 Å². The van der Waals surface area contributed by atoms with Crippen LogP contribution in [0.1, 0.15) is 33.1 Å². The summed E-state index contributed by atoms with van der Waals surface area (Å²) in [4.78, 5) is 0. The van der Waals surface area contributed by atoms with E-state index in [2.05, 4.69) is 35.1 Å². The van der Waals surface area contributed by atoms with Crippen molar-refractivity contribution in [1.29, 1.82) is 0 Å². The van der Waals surface area contributed by atoms with Crippen molar-refractivity contribution in [2.24, 2.45) is 11.3 Å². The van der Waals surface area contributed by atoms with Crippen LogP contribution in [0.2, 0.25) is 0 Å². The quantitative estimate of drug-likeness (QED) is 0.567. The van der Waals surface area contributed by atoms with Crippen molar-refractivity contribution in [3.8, 4) is 0 Å². The lowest BCUT2D eigenvalue weighted by Crippen LogP contribution is -2.38. The fourth-order valence-corrected chi connectivity index (χ4v) is 1.90. The molecule has 1 saturated carbocycles. The minimum absolute atomic E-state index is 0.506. The van der Waals surface area contributed by atoms with Crippen molar-refractivity contribution >= 4 is 15.9 Å². The predicted molar refractivity (Wildman–Crippen MR) is 52.9 cm³/mol. The minimum atomic E-state index is 0.506. The van der Waals surface area contributed by atoms with Gasteiger partial charge < -0.3 is 5.32 Å². The molecule has 11 heavy (non-hydrogen) atoms. The molecule has 0 radical (unpaired) electrons. The fraction of sp³-hybridized carbons (Fsp3) is 1.00. The molecule has 0 unspecified atom stereocenters. The highest BCUT2D eigenvalue weighted by molar-refractivity contribution is 9.09. The van der Waals surface area contributed by atoms with E-state index in [9.17, 15) is 0 Å². The van der Waals surface area contributed by atoms with Crippen molar-refractivity contribution in [1.82, 2.24) is 5.32 Å². The Hall–Kier alpha value is 0.440. The Kier molecular flexibility index (Phi) is 3.38. The number of halogens is 1. The third kappa shape index (κ3) is 2.45. The largest absolute Gasteiger partial charge is 0.307 e. The molecule has 1 N–H and O–H groups in total. The lowest BCUT2D eigenvalue weighted by Gasteiger charge is -2.40. The van der Waals surface area contributed by atoms with Crippen molar-refractivity contribution < 1.29 is 0 Å². The third-order valence-corrected chi connectivity index (χ3v) is 3.28. The molecule has 1 rings (SSSR count). The number of hydrogen-bond donors (Lipinski definition) is 1. The molecule has 0 amide bonds. The Labute approximate surface area is 78.1 Å². The standard InChI is InChI=1S/C9H18BrN/c1-9(2,6-11-7-10)8-4-3-5-8/h8,11H,3-7H2,1-2H3. The van der Waals surface area contributed by atoms with Gasteiger partial charge in [-0.05, 0) is 24.2 Å². The minimum Gasteiger partial charge on any atom is -0.307 e. The first-order valence-electron chi connectivity index (χ1n) is 4.43. The van der Waals surface area contributed by atoms with Crippen molar-refractivity contribution in [2.45, 2.75) is 33.1 Å². The second-order valence-corrected chi connectivity index (χ2v) is 4.74. The number of alkyl halides is 1. The summed E-state index contributed by atoms with van der Waals surface area (Å²) in [7, 11) is 0. The molecule has 0 aromatic heterocycles. The van der Waals surface area contributed by atoms with Gasteiger partial charge in [-0.15, -0.1) is 0 Å². The molecule has 0 atom stereocenters. The van der Waals surface area contributed by atoms with Crippen molar-refractivity contribution in [3.63, 3.8) is 0 Å². The van der Waals surface area contributed by atoms with Gasteiger partial charge >= 0.3 is 0 Å². The molecule has 1 aliphatic carbocycles. The van der Waals surface area contributed by atoms with Crippen LogP contribution < -0.4 is 5.32 Å². The highest BCUT2D eigenvalue weighted by Gasteiger charge is 2.33. The third-order valence-electron chi connectivity index (χ3n) is 2.89. The van der Waals surface area contributed by atoms with Gasteiger partial charge in [0.15, 0.2) is 0 Å². The first kappa shape index (κ1) is 9.53. The smallest absolute Gasteiger partial charge is 0.0517 e. The van der Waals surface area contributed by atoms with Gasteiger partial charge in [0.2, 0.25) is 0 Å². The lowest BCUT2D eigenvalue weighted by molar-refractivity contribution is 0.121. The number of nitrogens with one attached hydrogen (secondary N) is 1. The molecule has 0 spiro atoms. The van der Waals surface area contributed by atoms with E-state index >= 15 is 0 Å². The average molecular weight is 220 g/mol. The lowest BCUT2D eigenvalue weighted by atomic mass is 9.67. The van der Waals surface area contributed by atoms with Gasteiger partial charge in [0, 0.05) is 6.54 Å². The normalized spacial score (nSPS) is 19.9. The Bertz CT molecular complexity index is 119. The van der Waals surface area contributed by atoms with E-state index in [1.165, 1.54) is 19.3 Å². The molecule has 0 aromatic carbocycles. The van der Waals surface area contributed by atoms with Gasteiger partial charge in [-0.3, -0.25) is 0 Å². The highest BCUT2D eigenvalue weighted by Crippen LogP contribution is 2.41. The molecule has 1 nitrogen and oxygen atoms in total. The van der Waals surface area contributed by atoms with Gasteiger partial charge in [0.05, 0.1) is 5.45 Å². The molecular formula is C9H18BrN. The zero-order chi connectivity index (χ0) is 8.32. The molecule has 0 bridgehead atoms. The van der Waals surface area contributed by atoms with Crippen LogP contribution in [0.15, 0.2) is 0 Å². The Morgan fingerprint density at radius 2 is 2.09 bits per heavy atom. The van der Waals surface area contributed by atoms with E-state index in [1.807, 2.05) is 0 Å². The van der Waals surface area contributed by atoms with Gasteiger partial charge in [-0.1, -0.05) is 36.2 Å². The second-order valence-electron chi connectivity index (χ2n) is 4.18. The van der Waals surface area contributed by atoms with E-state index in [0.29, 0.717) is 5.41 Å². The molecule has 0 saturated heterocycles. The monoisotopic (exact) mass is 219 g/mol. The van der Waals surface area contributed by atoms with E-state index in [0.717, 1.165) is 17.9 Å². The summed E-state index contributed by atoms with van der Waals surface area (Å²) >= 11 is 3.38. The van der Waals surface area contributed by atoms with Gasteiger partial charge in [0.25, 0.3) is 0 Å². The summed E-state index contributed by atoms with van der Waals surface area (Å²) in [5.74, 6) is 0.967. The van der Waals surface area contributed by atoms with Crippen LogP contribution in [0.25, 0.3) is 0 Å². The Morgan fingerprint density at radius 1 is 1.45 bits per heavy atom.